The van der Waals surface area contributed by atoms with Crippen molar-refractivity contribution in [2.45, 2.75) is 31.4 Å². The Hall–Kier alpha value is -2.65. The summed E-state index contributed by atoms with van der Waals surface area (Å²) in [6.07, 6.45) is -10.4. The minimum absolute atomic E-state index is 0.219. The molecule has 2 aliphatic heterocycles. The summed E-state index contributed by atoms with van der Waals surface area (Å²) in [5, 5.41) is 27.4. The van der Waals surface area contributed by atoms with E-state index in [2.05, 4.69) is 32.2 Å². The molecule has 33 heavy (non-hydrogen) atoms. The molecule has 188 valence electrons. The van der Waals surface area contributed by atoms with Crippen LogP contribution < -0.4 is 10.2 Å². The number of piperazine rings is 1. The zero-order chi connectivity index (χ0) is 25.4. The highest BCUT2D eigenvalue weighted by atomic mass is 19.4. The molecule has 0 spiro atoms. The number of carboxylic acids is 2. The van der Waals surface area contributed by atoms with Gasteiger partial charge in [-0.05, 0) is 19.1 Å². The molecule has 2 aliphatic rings. The van der Waals surface area contributed by atoms with E-state index in [1.807, 2.05) is 13.0 Å². The highest BCUT2D eigenvalue weighted by molar-refractivity contribution is 5.73. The van der Waals surface area contributed by atoms with Crippen molar-refractivity contribution in [3.05, 3.63) is 23.9 Å². The van der Waals surface area contributed by atoms with Crippen molar-refractivity contribution >= 4 is 17.8 Å². The first kappa shape index (κ1) is 28.4. The van der Waals surface area contributed by atoms with E-state index in [9.17, 15) is 31.4 Å². The number of hydrogen-bond donors (Lipinski definition) is 4. The third kappa shape index (κ3) is 9.79. The van der Waals surface area contributed by atoms with E-state index < -0.39 is 24.3 Å². The van der Waals surface area contributed by atoms with Gasteiger partial charge in [-0.2, -0.15) is 26.3 Å². The molecule has 1 aromatic heterocycles. The smallest absolute Gasteiger partial charge is 0.475 e. The topological polar surface area (TPSA) is 126 Å². The first-order valence-corrected chi connectivity index (χ1v) is 9.54. The number of anilines is 1. The van der Waals surface area contributed by atoms with Gasteiger partial charge in [0.2, 0.25) is 0 Å². The number of aryl methyl sites for hydroxylation is 1. The predicted octanol–water partition coefficient (Wildman–Crippen LogP) is 1.11. The normalized spacial score (nSPS) is 21.4. The number of hydrogen-bond acceptors (Lipinski definition) is 7. The predicted molar refractivity (Wildman–Crippen MR) is 103 cm³/mol. The summed E-state index contributed by atoms with van der Waals surface area (Å²) in [4.78, 5) is 27.1. The van der Waals surface area contributed by atoms with E-state index in [-0.39, 0.29) is 12.1 Å². The van der Waals surface area contributed by atoms with Gasteiger partial charge in [-0.25, -0.2) is 14.6 Å². The van der Waals surface area contributed by atoms with Crippen molar-refractivity contribution < 1.29 is 51.3 Å². The average molecular weight is 490 g/mol. The van der Waals surface area contributed by atoms with Crippen LogP contribution in [0.2, 0.25) is 0 Å². The van der Waals surface area contributed by atoms with Crippen molar-refractivity contribution in [3.8, 4) is 0 Å². The molecule has 3 heterocycles. The molecule has 0 amide bonds. The lowest BCUT2D eigenvalue weighted by Gasteiger charge is -2.39. The van der Waals surface area contributed by atoms with E-state index in [0.717, 1.165) is 50.8 Å². The summed E-state index contributed by atoms with van der Waals surface area (Å²) in [6.45, 7) is 7.63. The summed E-state index contributed by atoms with van der Waals surface area (Å²) in [7, 11) is 0. The molecule has 2 saturated heterocycles. The molecule has 2 fully saturated rings. The number of aliphatic carboxylic acids is 2. The van der Waals surface area contributed by atoms with Crippen LogP contribution in [0.3, 0.4) is 0 Å². The molecule has 0 aromatic carbocycles. The number of carboxylic acid groups (broad SMARTS) is 2. The van der Waals surface area contributed by atoms with Crippen LogP contribution in [-0.2, 0) is 9.59 Å². The maximum Gasteiger partial charge on any atom is 0.490 e. The SMILES string of the molecule is Cc1cccc(N2CCN([C@H]3CNC[C@@H]3O)CC2)n1.O=C(O)C(F)(F)F.O=C(O)C(F)(F)F. The molecular weight excluding hydrogens is 466 g/mol. The summed E-state index contributed by atoms with van der Waals surface area (Å²) in [6, 6.07) is 6.46. The van der Waals surface area contributed by atoms with Crippen molar-refractivity contribution in [3.63, 3.8) is 0 Å². The first-order chi connectivity index (χ1) is 15.1. The Bertz CT molecular complexity index is 760. The average Bonchev–Trinajstić information content (AvgIpc) is 3.13. The summed E-state index contributed by atoms with van der Waals surface area (Å²) in [5.74, 6) is -4.44. The molecule has 0 aliphatic carbocycles. The van der Waals surface area contributed by atoms with Crippen LogP contribution in [0.4, 0.5) is 32.2 Å². The molecule has 1 aromatic rings. The van der Waals surface area contributed by atoms with Crippen molar-refractivity contribution in [2.75, 3.05) is 44.2 Å². The van der Waals surface area contributed by atoms with Crippen LogP contribution in [-0.4, -0.2) is 101 Å². The van der Waals surface area contributed by atoms with Gasteiger partial charge in [0.25, 0.3) is 0 Å². The quantitative estimate of drug-likeness (QED) is 0.451. The van der Waals surface area contributed by atoms with Crippen LogP contribution in [0.1, 0.15) is 5.69 Å². The van der Waals surface area contributed by atoms with Gasteiger partial charge in [0.1, 0.15) is 5.82 Å². The van der Waals surface area contributed by atoms with Crippen LogP contribution in [0.15, 0.2) is 18.2 Å². The second-order valence-electron chi connectivity index (χ2n) is 7.06. The largest absolute Gasteiger partial charge is 0.490 e. The second kappa shape index (κ2) is 12.0. The molecule has 3 rings (SSSR count). The van der Waals surface area contributed by atoms with Gasteiger partial charge in [-0.15, -0.1) is 0 Å². The third-order valence-electron chi connectivity index (χ3n) is 4.62. The Labute approximate surface area is 184 Å². The zero-order valence-corrected chi connectivity index (χ0v) is 17.4. The number of nitrogens with one attached hydrogen (secondary N) is 1. The van der Waals surface area contributed by atoms with Crippen molar-refractivity contribution in [1.82, 2.24) is 15.2 Å². The molecule has 4 N–H and O–H groups in total. The van der Waals surface area contributed by atoms with Crippen LogP contribution in [0.25, 0.3) is 0 Å². The molecule has 0 unspecified atom stereocenters. The number of halogens is 6. The molecule has 15 heteroatoms. The van der Waals surface area contributed by atoms with Crippen LogP contribution >= 0.6 is 0 Å². The number of alkyl halides is 6. The number of aliphatic hydroxyl groups is 1. The van der Waals surface area contributed by atoms with Gasteiger partial charge in [0.15, 0.2) is 0 Å². The van der Waals surface area contributed by atoms with E-state index in [1.54, 1.807) is 0 Å². The zero-order valence-electron chi connectivity index (χ0n) is 17.4. The van der Waals surface area contributed by atoms with E-state index >= 15 is 0 Å². The fourth-order valence-corrected chi connectivity index (χ4v) is 3.01. The maximum absolute atomic E-state index is 10.6. The Morgan fingerprint density at radius 3 is 1.82 bits per heavy atom. The molecular formula is C18H24F6N4O5. The Morgan fingerprint density at radius 1 is 0.970 bits per heavy atom. The summed E-state index contributed by atoms with van der Waals surface area (Å²) in [5.41, 5.74) is 1.07. The highest BCUT2D eigenvalue weighted by Gasteiger charge is 2.39. The molecule has 2 atom stereocenters. The number of β-amino-alcohol motifs (C(OH)–C–C–N with tert-alkyl or cyclic N) is 1. The van der Waals surface area contributed by atoms with Gasteiger partial charge in [0.05, 0.1) is 6.10 Å². The summed E-state index contributed by atoms with van der Waals surface area (Å²) >= 11 is 0. The van der Waals surface area contributed by atoms with Gasteiger partial charge < -0.3 is 25.5 Å². The van der Waals surface area contributed by atoms with E-state index in [0.29, 0.717) is 0 Å². The lowest BCUT2D eigenvalue weighted by atomic mass is 10.1. The first-order valence-electron chi connectivity index (χ1n) is 9.54. The lowest BCUT2D eigenvalue weighted by Crippen LogP contribution is -2.53. The second-order valence-corrected chi connectivity index (χ2v) is 7.06. The van der Waals surface area contributed by atoms with Gasteiger partial charge >= 0.3 is 24.3 Å². The molecule has 9 nitrogen and oxygen atoms in total. The molecule has 0 saturated carbocycles. The van der Waals surface area contributed by atoms with Crippen molar-refractivity contribution in [1.29, 1.82) is 0 Å². The minimum Gasteiger partial charge on any atom is -0.475 e. The van der Waals surface area contributed by atoms with Gasteiger partial charge in [-0.1, -0.05) is 6.07 Å². The van der Waals surface area contributed by atoms with Crippen LogP contribution in [0.5, 0.6) is 0 Å². The third-order valence-corrected chi connectivity index (χ3v) is 4.62. The fourth-order valence-electron chi connectivity index (χ4n) is 3.01. The minimum atomic E-state index is -5.08. The monoisotopic (exact) mass is 490 g/mol. The number of nitrogens with zero attached hydrogens (tertiary/aromatic N) is 3. The van der Waals surface area contributed by atoms with Gasteiger partial charge in [0, 0.05) is 51.0 Å². The van der Waals surface area contributed by atoms with Crippen molar-refractivity contribution in [2.24, 2.45) is 0 Å². The number of pyridine rings is 1. The Balaban J connectivity index is 0.000000324. The van der Waals surface area contributed by atoms with Gasteiger partial charge in [-0.3, -0.25) is 4.90 Å². The Kier molecular flexibility index (Phi) is 10.3. The summed E-state index contributed by atoms with van der Waals surface area (Å²) < 4.78 is 63.5. The fraction of sp³-hybridized carbons (Fsp3) is 0.611. The standard InChI is InChI=1S/C14H22N4O.2C2HF3O2/c1-11-3-2-4-14(16-11)18-7-5-17(6-8-18)12-9-15-10-13(12)19;2*3-2(4,5)1(6)7/h2-4,12-13,15,19H,5-10H2,1H3;2*(H,6,7)/t12-,13-;;/m0../s1. The van der Waals surface area contributed by atoms with E-state index in [1.165, 1.54) is 0 Å². The highest BCUT2D eigenvalue weighted by Crippen LogP contribution is 2.17. The van der Waals surface area contributed by atoms with E-state index in [4.69, 9.17) is 19.8 Å². The number of rotatable bonds is 2. The molecule has 0 bridgehead atoms. The Morgan fingerprint density at radius 2 is 1.45 bits per heavy atom. The number of aromatic nitrogens is 1. The number of aliphatic hydroxyl groups excluding tert-OH is 1. The number of carbonyl (C=O) groups is 2. The lowest BCUT2D eigenvalue weighted by molar-refractivity contribution is -0.193. The molecule has 0 radical (unpaired) electrons. The van der Waals surface area contributed by atoms with Crippen LogP contribution in [0, 0.1) is 6.92 Å². The maximum atomic E-state index is 10.6.